The van der Waals surface area contributed by atoms with Gasteiger partial charge in [-0.3, -0.25) is 0 Å². The largest absolute Gasteiger partial charge is 0.491 e. The van der Waals surface area contributed by atoms with Gasteiger partial charge in [0, 0.05) is 36.9 Å². The van der Waals surface area contributed by atoms with E-state index in [0.717, 1.165) is 37.6 Å². The Hall–Kier alpha value is -1.30. The first kappa shape index (κ1) is 13.4. The van der Waals surface area contributed by atoms with Crippen molar-refractivity contribution in [3.05, 3.63) is 24.3 Å². The molecule has 4 rings (SSSR count). The smallest absolute Gasteiger partial charge is 0.121 e. The lowest BCUT2D eigenvalue weighted by Gasteiger charge is -2.25. The highest BCUT2D eigenvalue weighted by molar-refractivity contribution is 5.53. The number of hydrogen-bond acceptors (Lipinski definition) is 5. The molecule has 1 aromatic rings. The van der Waals surface area contributed by atoms with Gasteiger partial charge in [-0.2, -0.15) is 0 Å². The second kappa shape index (κ2) is 5.48. The van der Waals surface area contributed by atoms with Crippen LogP contribution in [0.2, 0.25) is 0 Å². The molecular weight excluding hydrogens is 270 g/mol. The normalized spacial score (nSPS) is 32.6. The number of hydrogen-bond donors (Lipinski definition) is 1. The fourth-order valence-electron chi connectivity index (χ4n) is 2.74. The van der Waals surface area contributed by atoms with Crippen molar-refractivity contribution in [2.24, 2.45) is 5.92 Å². The highest BCUT2D eigenvalue weighted by Crippen LogP contribution is 2.39. The van der Waals surface area contributed by atoms with E-state index in [2.05, 4.69) is 17.0 Å². The quantitative estimate of drug-likeness (QED) is 0.726. The third-order valence-corrected chi connectivity index (χ3v) is 4.31. The van der Waals surface area contributed by atoms with Crippen molar-refractivity contribution < 1.29 is 19.3 Å². The molecule has 0 spiro atoms. The molecule has 0 amide bonds. The van der Waals surface area contributed by atoms with Gasteiger partial charge in [-0.1, -0.05) is 6.07 Å². The van der Waals surface area contributed by atoms with Gasteiger partial charge in [0.05, 0.1) is 19.3 Å². The van der Waals surface area contributed by atoms with Crippen LogP contribution >= 0.6 is 0 Å². The van der Waals surface area contributed by atoms with Crippen LogP contribution in [-0.2, 0) is 9.47 Å². The van der Waals surface area contributed by atoms with Gasteiger partial charge in [-0.25, -0.2) is 0 Å². The van der Waals surface area contributed by atoms with Crippen LogP contribution < -0.4 is 9.64 Å². The van der Waals surface area contributed by atoms with Gasteiger partial charge in [0.2, 0.25) is 0 Å². The van der Waals surface area contributed by atoms with Gasteiger partial charge in [0.1, 0.15) is 18.5 Å². The molecule has 4 unspecified atom stereocenters. The third-order valence-electron chi connectivity index (χ3n) is 4.31. The molecule has 5 nitrogen and oxygen atoms in total. The maximum absolute atomic E-state index is 9.33. The van der Waals surface area contributed by atoms with E-state index in [-0.39, 0.29) is 12.7 Å². The Bertz CT molecular complexity index is 501. The lowest BCUT2D eigenvalue weighted by Crippen LogP contribution is -2.31. The lowest BCUT2D eigenvalue weighted by molar-refractivity contribution is 0.263. The van der Waals surface area contributed by atoms with Crippen LogP contribution in [0.4, 0.5) is 5.69 Å². The minimum absolute atomic E-state index is 0.266. The van der Waals surface area contributed by atoms with E-state index in [1.165, 1.54) is 0 Å². The minimum Gasteiger partial charge on any atom is -0.491 e. The summed E-state index contributed by atoms with van der Waals surface area (Å²) < 4.78 is 16.3. The average Bonchev–Trinajstić information content (AvgIpc) is 3.38. The molecule has 5 heteroatoms. The minimum atomic E-state index is 0.266. The van der Waals surface area contributed by atoms with Crippen LogP contribution in [0.3, 0.4) is 0 Å². The van der Waals surface area contributed by atoms with E-state index in [9.17, 15) is 5.11 Å². The lowest BCUT2D eigenvalue weighted by atomic mass is 10.2. The summed E-state index contributed by atoms with van der Waals surface area (Å²) in [5, 5.41) is 9.33. The predicted octanol–water partition coefficient (Wildman–Crippen LogP) is 1.05. The summed E-state index contributed by atoms with van der Waals surface area (Å²) >= 11 is 0. The van der Waals surface area contributed by atoms with Gasteiger partial charge in [-0.15, -0.1) is 0 Å². The Balaban J connectivity index is 1.46. The standard InChI is InChI=1S/C16H21NO4/c18-7-11-4-16(11)17(6-14-8-20-14)12-2-1-3-13(5-12)19-9-15-10-21-15/h1-3,5,11,14-16,18H,4,6-10H2. The topological polar surface area (TPSA) is 57.8 Å². The third kappa shape index (κ3) is 3.31. The molecule has 0 aromatic heterocycles. The zero-order valence-electron chi connectivity index (χ0n) is 12.0. The molecule has 21 heavy (non-hydrogen) atoms. The fourth-order valence-corrected chi connectivity index (χ4v) is 2.74. The monoisotopic (exact) mass is 291 g/mol. The number of rotatable bonds is 8. The Labute approximate surface area is 124 Å². The molecule has 1 N–H and O–H groups in total. The molecule has 2 saturated heterocycles. The number of aliphatic hydroxyl groups excluding tert-OH is 1. The SMILES string of the molecule is OCC1CC1N(CC1CO1)c1cccc(OCC2CO2)c1. The molecule has 1 saturated carbocycles. The van der Waals surface area contributed by atoms with Crippen molar-refractivity contribution in [1.82, 2.24) is 0 Å². The van der Waals surface area contributed by atoms with Crippen LogP contribution in [0.15, 0.2) is 24.3 Å². The Morgan fingerprint density at radius 3 is 2.71 bits per heavy atom. The van der Waals surface area contributed by atoms with E-state index in [1.807, 2.05) is 12.1 Å². The van der Waals surface area contributed by atoms with Crippen molar-refractivity contribution in [2.45, 2.75) is 24.7 Å². The summed E-state index contributed by atoms with van der Waals surface area (Å²) in [6, 6.07) is 8.62. The molecule has 4 atom stereocenters. The predicted molar refractivity (Wildman–Crippen MR) is 77.7 cm³/mol. The first-order chi connectivity index (χ1) is 10.3. The van der Waals surface area contributed by atoms with Crippen LogP contribution in [0.25, 0.3) is 0 Å². The molecule has 0 bridgehead atoms. The molecule has 0 radical (unpaired) electrons. The molecule has 1 aromatic carbocycles. The van der Waals surface area contributed by atoms with E-state index in [0.29, 0.717) is 24.7 Å². The number of aliphatic hydroxyl groups is 1. The van der Waals surface area contributed by atoms with Crippen LogP contribution in [0.5, 0.6) is 5.75 Å². The molecule has 2 heterocycles. The van der Waals surface area contributed by atoms with Crippen molar-refractivity contribution in [3.8, 4) is 5.75 Å². The van der Waals surface area contributed by atoms with Gasteiger partial charge in [0.25, 0.3) is 0 Å². The number of ether oxygens (including phenoxy) is 3. The zero-order valence-corrected chi connectivity index (χ0v) is 12.0. The van der Waals surface area contributed by atoms with E-state index in [4.69, 9.17) is 14.2 Å². The van der Waals surface area contributed by atoms with E-state index in [1.54, 1.807) is 0 Å². The summed E-state index contributed by atoms with van der Waals surface area (Å²) in [4.78, 5) is 2.36. The second-order valence-electron chi connectivity index (χ2n) is 6.12. The van der Waals surface area contributed by atoms with Crippen molar-refractivity contribution in [2.75, 3.05) is 37.9 Å². The molecule has 114 valence electrons. The second-order valence-corrected chi connectivity index (χ2v) is 6.12. The molecule has 3 aliphatic rings. The summed E-state index contributed by atoms with van der Waals surface area (Å²) in [6.07, 6.45) is 1.67. The van der Waals surface area contributed by atoms with Crippen molar-refractivity contribution in [1.29, 1.82) is 0 Å². The zero-order chi connectivity index (χ0) is 14.2. The Morgan fingerprint density at radius 2 is 2.05 bits per heavy atom. The highest BCUT2D eigenvalue weighted by Gasteiger charge is 2.43. The summed E-state index contributed by atoms with van der Waals surface area (Å²) in [5.41, 5.74) is 1.15. The first-order valence-corrected chi connectivity index (χ1v) is 7.67. The van der Waals surface area contributed by atoms with Gasteiger partial charge < -0.3 is 24.2 Å². The maximum atomic E-state index is 9.33. The average molecular weight is 291 g/mol. The van der Waals surface area contributed by atoms with Crippen molar-refractivity contribution in [3.63, 3.8) is 0 Å². The summed E-state index contributed by atoms with van der Waals surface area (Å²) in [7, 11) is 0. The van der Waals surface area contributed by atoms with E-state index < -0.39 is 0 Å². The van der Waals surface area contributed by atoms with Crippen molar-refractivity contribution >= 4 is 5.69 Å². The molecule has 1 aliphatic carbocycles. The fraction of sp³-hybridized carbons (Fsp3) is 0.625. The molecule has 3 fully saturated rings. The van der Waals surface area contributed by atoms with Gasteiger partial charge in [-0.05, 0) is 18.6 Å². The molecular formula is C16H21NO4. The van der Waals surface area contributed by atoms with Crippen LogP contribution in [0.1, 0.15) is 6.42 Å². The van der Waals surface area contributed by atoms with E-state index >= 15 is 0 Å². The van der Waals surface area contributed by atoms with Gasteiger partial charge >= 0.3 is 0 Å². The first-order valence-electron chi connectivity index (χ1n) is 7.67. The number of anilines is 1. The number of nitrogens with zero attached hydrogens (tertiary/aromatic N) is 1. The maximum Gasteiger partial charge on any atom is 0.121 e. The molecule has 2 aliphatic heterocycles. The number of epoxide rings is 2. The Morgan fingerprint density at radius 1 is 1.24 bits per heavy atom. The summed E-state index contributed by atoms with van der Waals surface area (Å²) in [5.74, 6) is 1.28. The Kier molecular flexibility index (Phi) is 3.49. The van der Waals surface area contributed by atoms with Crippen LogP contribution in [0, 0.1) is 5.92 Å². The van der Waals surface area contributed by atoms with Crippen LogP contribution in [-0.4, -0.2) is 56.3 Å². The highest BCUT2D eigenvalue weighted by atomic mass is 16.6. The summed E-state index contributed by atoms with van der Waals surface area (Å²) in [6.45, 7) is 3.45. The van der Waals surface area contributed by atoms with Gasteiger partial charge in [0.15, 0.2) is 0 Å². The number of benzene rings is 1.